The number of aliphatic hydroxyl groups excluding tert-OH is 1. The molecule has 0 aliphatic carbocycles. The smallest absolute Gasteiger partial charge is 0.383 e. The number of halogens is 3. The van der Waals surface area contributed by atoms with Gasteiger partial charge in [-0.05, 0) is 0 Å². The van der Waals surface area contributed by atoms with Crippen LogP contribution in [0.3, 0.4) is 0 Å². The summed E-state index contributed by atoms with van der Waals surface area (Å²) in [6.07, 6.45) is -6.29. The summed E-state index contributed by atoms with van der Waals surface area (Å²) in [6, 6.07) is 0. The molecule has 1 unspecified atom stereocenters. The first-order valence-electron chi connectivity index (χ1n) is 4.42. The fourth-order valence-electron chi connectivity index (χ4n) is 1.14. The van der Waals surface area contributed by atoms with E-state index in [0.717, 1.165) is 6.20 Å². The monoisotopic (exact) mass is 239 g/mol. The van der Waals surface area contributed by atoms with Crippen LogP contribution in [0.2, 0.25) is 0 Å². The van der Waals surface area contributed by atoms with Crippen LogP contribution in [-0.4, -0.2) is 34.8 Å². The molecule has 3 N–H and O–H groups in total. The van der Waals surface area contributed by atoms with Crippen LogP contribution in [0.1, 0.15) is 11.7 Å². The summed E-state index contributed by atoms with van der Waals surface area (Å²) < 4.78 is 42.6. The molecule has 92 valence electrons. The number of nitrogens with two attached hydrogens (primary N) is 1. The number of methoxy groups -OCH3 is 1. The van der Waals surface area contributed by atoms with Crippen LogP contribution >= 0.6 is 0 Å². The van der Waals surface area contributed by atoms with Gasteiger partial charge in [0.2, 0.25) is 0 Å². The summed E-state index contributed by atoms with van der Waals surface area (Å²) in [6.45, 7) is 0.563. The molecule has 8 heteroatoms. The Kier molecular flexibility index (Phi) is 3.76. The fraction of sp³-hybridized carbons (Fsp3) is 0.625. The highest BCUT2D eigenvalue weighted by atomic mass is 19.4. The molecule has 0 radical (unpaired) electrons. The maximum atomic E-state index is 12.2. The number of rotatable bonds is 4. The minimum Gasteiger partial charge on any atom is -0.383 e. The summed E-state index contributed by atoms with van der Waals surface area (Å²) >= 11 is 0. The molecule has 0 spiro atoms. The van der Waals surface area contributed by atoms with Gasteiger partial charge >= 0.3 is 6.18 Å². The van der Waals surface area contributed by atoms with Crippen molar-refractivity contribution in [2.75, 3.05) is 19.5 Å². The van der Waals surface area contributed by atoms with Crippen LogP contribution < -0.4 is 5.73 Å². The highest BCUT2D eigenvalue weighted by Gasteiger charge is 2.41. The number of aliphatic hydroxyl groups is 1. The maximum absolute atomic E-state index is 12.2. The molecular weight excluding hydrogens is 227 g/mol. The number of hydrogen-bond acceptors (Lipinski definition) is 4. The van der Waals surface area contributed by atoms with E-state index in [2.05, 4.69) is 5.10 Å². The van der Waals surface area contributed by atoms with Crippen molar-refractivity contribution in [2.24, 2.45) is 0 Å². The molecule has 16 heavy (non-hydrogen) atoms. The summed E-state index contributed by atoms with van der Waals surface area (Å²) in [5.41, 5.74) is 4.84. The lowest BCUT2D eigenvalue weighted by Gasteiger charge is -2.12. The predicted octanol–water partition coefficient (Wildman–Crippen LogP) is 0.707. The van der Waals surface area contributed by atoms with Crippen LogP contribution in [-0.2, 0) is 11.3 Å². The van der Waals surface area contributed by atoms with Crippen LogP contribution in [0, 0.1) is 0 Å². The Balaban J connectivity index is 2.85. The van der Waals surface area contributed by atoms with Gasteiger partial charge in [-0.2, -0.15) is 18.3 Å². The molecule has 0 aliphatic heterocycles. The van der Waals surface area contributed by atoms with E-state index >= 15 is 0 Å². The number of aromatic nitrogens is 2. The largest absolute Gasteiger partial charge is 0.418 e. The third-order valence-corrected chi connectivity index (χ3v) is 1.95. The van der Waals surface area contributed by atoms with Gasteiger partial charge in [0.15, 0.2) is 11.9 Å². The second-order valence-corrected chi connectivity index (χ2v) is 3.17. The van der Waals surface area contributed by atoms with Crippen LogP contribution in [0.15, 0.2) is 6.20 Å². The number of alkyl halides is 3. The highest BCUT2D eigenvalue weighted by Crippen LogP contribution is 2.34. The molecular formula is C8H12F3N3O2. The first-order chi connectivity index (χ1) is 7.36. The van der Waals surface area contributed by atoms with Gasteiger partial charge in [0.05, 0.1) is 18.7 Å². The standard InChI is InChI=1S/C8H12F3N3O2/c1-16-3-2-14-4-5(7(12)13-14)6(15)8(9,10)11/h4,6,15H,2-3H2,1H3,(H2,12,13). The normalized spacial score (nSPS) is 14.1. The molecule has 0 aromatic carbocycles. The van der Waals surface area contributed by atoms with E-state index in [1.807, 2.05) is 0 Å². The van der Waals surface area contributed by atoms with Crippen molar-refractivity contribution in [3.05, 3.63) is 11.8 Å². The van der Waals surface area contributed by atoms with Crippen molar-refractivity contribution < 1.29 is 23.0 Å². The van der Waals surface area contributed by atoms with Crippen molar-refractivity contribution in [1.82, 2.24) is 9.78 Å². The predicted molar refractivity (Wildman–Crippen MR) is 49.5 cm³/mol. The molecule has 5 nitrogen and oxygen atoms in total. The molecule has 1 aromatic rings. The van der Waals surface area contributed by atoms with Gasteiger partial charge in [0, 0.05) is 13.3 Å². The van der Waals surface area contributed by atoms with E-state index in [1.54, 1.807) is 0 Å². The van der Waals surface area contributed by atoms with Gasteiger partial charge in [-0.25, -0.2) is 0 Å². The van der Waals surface area contributed by atoms with Crippen LogP contribution in [0.4, 0.5) is 19.0 Å². The van der Waals surface area contributed by atoms with E-state index < -0.39 is 17.8 Å². The van der Waals surface area contributed by atoms with Gasteiger partial charge in [0.25, 0.3) is 0 Å². The molecule has 1 aromatic heterocycles. The molecule has 1 heterocycles. The van der Waals surface area contributed by atoms with E-state index in [0.29, 0.717) is 6.61 Å². The second kappa shape index (κ2) is 4.71. The Morgan fingerprint density at radius 1 is 1.62 bits per heavy atom. The van der Waals surface area contributed by atoms with Gasteiger partial charge in [0.1, 0.15) is 0 Å². The highest BCUT2D eigenvalue weighted by molar-refractivity contribution is 5.39. The zero-order valence-electron chi connectivity index (χ0n) is 8.53. The number of nitrogens with zero attached hydrogens (tertiary/aromatic N) is 2. The molecule has 0 bridgehead atoms. The molecule has 1 atom stereocenters. The quantitative estimate of drug-likeness (QED) is 0.811. The summed E-state index contributed by atoms with van der Waals surface area (Å²) in [7, 11) is 1.46. The van der Waals surface area contributed by atoms with E-state index in [4.69, 9.17) is 15.6 Å². The van der Waals surface area contributed by atoms with Crippen molar-refractivity contribution >= 4 is 5.82 Å². The minimum atomic E-state index is -4.75. The zero-order chi connectivity index (χ0) is 12.3. The van der Waals surface area contributed by atoms with Crippen molar-refractivity contribution in [2.45, 2.75) is 18.8 Å². The topological polar surface area (TPSA) is 73.3 Å². The number of nitrogen functional groups attached to an aromatic ring is 1. The second-order valence-electron chi connectivity index (χ2n) is 3.17. The average Bonchev–Trinajstić information content (AvgIpc) is 2.54. The molecule has 0 saturated heterocycles. The van der Waals surface area contributed by atoms with E-state index in [-0.39, 0.29) is 12.4 Å². The Hall–Kier alpha value is -1.28. The SMILES string of the molecule is COCCn1cc(C(O)C(F)(F)F)c(N)n1. The molecule has 0 amide bonds. The number of anilines is 1. The first kappa shape index (κ1) is 12.8. The van der Waals surface area contributed by atoms with Crippen molar-refractivity contribution in [1.29, 1.82) is 0 Å². The third-order valence-electron chi connectivity index (χ3n) is 1.95. The molecule has 0 aliphatic rings. The van der Waals surface area contributed by atoms with Crippen LogP contribution in [0.25, 0.3) is 0 Å². The van der Waals surface area contributed by atoms with Gasteiger partial charge in [-0.15, -0.1) is 0 Å². The first-order valence-corrected chi connectivity index (χ1v) is 4.42. The van der Waals surface area contributed by atoms with E-state index in [1.165, 1.54) is 11.8 Å². The van der Waals surface area contributed by atoms with Crippen LogP contribution in [0.5, 0.6) is 0 Å². The van der Waals surface area contributed by atoms with Gasteiger partial charge in [-0.3, -0.25) is 4.68 Å². The van der Waals surface area contributed by atoms with Gasteiger partial charge in [-0.1, -0.05) is 0 Å². The van der Waals surface area contributed by atoms with Crippen molar-refractivity contribution in [3.63, 3.8) is 0 Å². The summed E-state index contributed by atoms with van der Waals surface area (Å²) in [4.78, 5) is 0. The molecule has 0 saturated carbocycles. The summed E-state index contributed by atoms with van der Waals surface area (Å²) in [5, 5.41) is 12.6. The third kappa shape index (κ3) is 2.86. The minimum absolute atomic E-state index is 0.269. The fourth-order valence-corrected chi connectivity index (χ4v) is 1.14. The maximum Gasteiger partial charge on any atom is 0.418 e. The lowest BCUT2D eigenvalue weighted by molar-refractivity contribution is -0.206. The molecule has 0 fully saturated rings. The number of ether oxygens (including phenoxy) is 1. The van der Waals surface area contributed by atoms with Gasteiger partial charge < -0.3 is 15.6 Å². The Morgan fingerprint density at radius 2 is 2.25 bits per heavy atom. The van der Waals surface area contributed by atoms with E-state index in [9.17, 15) is 13.2 Å². The number of hydrogen-bond donors (Lipinski definition) is 2. The lowest BCUT2D eigenvalue weighted by Crippen LogP contribution is -2.20. The van der Waals surface area contributed by atoms with Crippen molar-refractivity contribution in [3.8, 4) is 0 Å². The zero-order valence-corrected chi connectivity index (χ0v) is 8.53. The Labute approximate surface area is 89.6 Å². The lowest BCUT2D eigenvalue weighted by atomic mass is 10.2. The Morgan fingerprint density at radius 3 is 2.75 bits per heavy atom. The Bertz CT molecular complexity index is 351. The average molecular weight is 239 g/mol. The molecule has 1 rings (SSSR count). The summed E-state index contributed by atoms with van der Waals surface area (Å²) in [5.74, 6) is -0.332.